The lowest BCUT2D eigenvalue weighted by Gasteiger charge is -2.14. The highest BCUT2D eigenvalue weighted by molar-refractivity contribution is 7.61. The van der Waals surface area contributed by atoms with Gasteiger partial charge in [0.2, 0.25) is 0 Å². The van der Waals surface area contributed by atoms with Gasteiger partial charge in [-0.15, -0.1) is 0 Å². The van der Waals surface area contributed by atoms with Crippen LogP contribution >= 0.6 is 7.60 Å². The summed E-state index contributed by atoms with van der Waals surface area (Å²) in [5.74, 6) is 0. The van der Waals surface area contributed by atoms with Gasteiger partial charge in [-0.25, -0.2) is 0 Å². The standard InChI is InChI=1S/C13H17N2O3P/c1-3-17-19(16,18-4-2)13-10-12(14-15-13)11-8-6-5-7-9-11/h5-10H,3-4H2,1-2H3,(H,14,15). The lowest BCUT2D eigenvalue weighted by atomic mass is 10.2. The minimum atomic E-state index is -3.29. The Bertz CT molecular complexity index is 558. The number of nitrogens with one attached hydrogen (secondary N) is 1. The molecule has 0 radical (unpaired) electrons. The molecule has 0 aliphatic carbocycles. The summed E-state index contributed by atoms with van der Waals surface area (Å²) in [6.07, 6.45) is 0. The van der Waals surface area contributed by atoms with Crippen molar-refractivity contribution in [2.75, 3.05) is 13.2 Å². The molecule has 0 saturated carbocycles. The summed E-state index contributed by atoms with van der Waals surface area (Å²) in [6.45, 7) is 4.19. The van der Waals surface area contributed by atoms with Crippen molar-refractivity contribution < 1.29 is 13.6 Å². The van der Waals surface area contributed by atoms with Gasteiger partial charge in [0.05, 0.1) is 18.9 Å². The molecule has 19 heavy (non-hydrogen) atoms. The summed E-state index contributed by atoms with van der Waals surface area (Å²) >= 11 is 0. The molecule has 2 rings (SSSR count). The zero-order valence-electron chi connectivity index (χ0n) is 11.0. The Morgan fingerprint density at radius 1 is 1.16 bits per heavy atom. The average Bonchev–Trinajstić information content (AvgIpc) is 2.90. The maximum absolute atomic E-state index is 12.5. The van der Waals surface area contributed by atoms with Crippen LogP contribution in [0.25, 0.3) is 11.3 Å². The lowest BCUT2D eigenvalue weighted by Crippen LogP contribution is -2.11. The second-order valence-corrected chi connectivity index (χ2v) is 5.83. The van der Waals surface area contributed by atoms with Gasteiger partial charge < -0.3 is 9.05 Å². The summed E-state index contributed by atoms with van der Waals surface area (Å²) in [5.41, 5.74) is 2.05. The quantitative estimate of drug-likeness (QED) is 0.826. The Balaban J connectivity index is 2.32. The van der Waals surface area contributed by atoms with Crippen molar-refractivity contribution in [1.82, 2.24) is 10.2 Å². The normalized spacial score (nSPS) is 11.7. The topological polar surface area (TPSA) is 64.2 Å². The molecule has 0 atom stereocenters. The van der Waals surface area contributed by atoms with Crippen LogP contribution in [-0.4, -0.2) is 23.4 Å². The first-order chi connectivity index (χ1) is 9.19. The fraction of sp³-hybridized carbons (Fsp3) is 0.308. The molecule has 0 fully saturated rings. The molecular formula is C13H17N2O3P. The van der Waals surface area contributed by atoms with Crippen LogP contribution in [0.15, 0.2) is 36.4 Å². The number of aromatic nitrogens is 2. The Morgan fingerprint density at radius 3 is 2.37 bits per heavy atom. The first-order valence-corrected chi connectivity index (χ1v) is 7.74. The van der Waals surface area contributed by atoms with Gasteiger partial charge in [0.15, 0.2) is 0 Å². The van der Waals surface area contributed by atoms with Crippen LogP contribution in [0.1, 0.15) is 13.8 Å². The van der Waals surface area contributed by atoms with Crippen molar-refractivity contribution >= 4 is 13.0 Å². The molecule has 0 saturated heterocycles. The van der Waals surface area contributed by atoms with E-state index in [9.17, 15) is 4.57 Å². The van der Waals surface area contributed by atoms with Gasteiger partial charge in [-0.1, -0.05) is 30.3 Å². The molecular weight excluding hydrogens is 263 g/mol. The lowest BCUT2D eigenvalue weighted by molar-refractivity contribution is 0.229. The molecule has 0 aliphatic rings. The third-order valence-corrected chi connectivity index (χ3v) is 4.54. The van der Waals surface area contributed by atoms with E-state index in [2.05, 4.69) is 10.2 Å². The van der Waals surface area contributed by atoms with Crippen molar-refractivity contribution in [3.63, 3.8) is 0 Å². The van der Waals surface area contributed by atoms with E-state index in [0.717, 1.165) is 11.3 Å². The van der Waals surface area contributed by atoms with Crippen molar-refractivity contribution in [2.45, 2.75) is 13.8 Å². The van der Waals surface area contributed by atoms with Crippen molar-refractivity contribution in [2.24, 2.45) is 0 Å². The number of benzene rings is 1. The van der Waals surface area contributed by atoms with Crippen LogP contribution in [0.3, 0.4) is 0 Å². The van der Waals surface area contributed by atoms with Crippen LogP contribution in [0.5, 0.6) is 0 Å². The van der Waals surface area contributed by atoms with Crippen molar-refractivity contribution in [3.8, 4) is 11.3 Å². The van der Waals surface area contributed by atoms with Gasteiger partial charge >= 0.3 is 7.60 Å². The predicted molar refractivity (Wildman–Crippen MR) is 74.5 cm³/mol. The van der Waals surface area contributed by atoms with E-state index in [1.807, 2.05) is 30.3 Å². The number of hydrogen-bond acceptors (Lipinski definition) is 4. The first-order valence-electron chi connectivity index (χ1n) is 6.20. The fourth-order valence-electron chi connectivity index (χ4n) is 1.72. The van der Waals surface area contributed by atoms with Crippen LogP contribution < -0.4 is 5.44 Å². The number of H-pyrrole nitrogens is 1. The van der Waals surface area contributed by atoms with E-state index in [1.54, 1.807) is 19.9 Å². The summed E-state index contributed by atoms with van der Waals surface area (Å²) < 4.78 is 23.1. The summed E-state index contributed by atoms with van der Waals surface area (Å²) in [4.78, 5) is 0. The molecule has 2 aromatic rings. The predicted octanol–water partition coefficient (Wildman–Crippen LogP) is 2.97. The van der Waals surface area contributed by atoms with Gasteiger partial charge in [0.1, 0.15) is 5.44 Å². The molecule has 1 aromatic heterocycles. The third-order valence-electron chi connectivity index (χ3n) is 2.53. The Morgan fingerprint density at radius 2 is 1.79 bits per heavy atom. The van der Waals surface area contributed by atoms with Gasteiger partial charge in [0.25, 0.3) is 0 Å². The molecule has 0 spiro atoms. The maximum atomic E-state index is 12.5. The number of nitrogens with zero attached hydrogens (tertiary/aromatic N) is 1. The molecule has 102 valence electrons. The molecule has 1 N–H and O–H groups in total. The molecule has 0 unspecified atom stereocenters. The summed E-state index contributed by atoms with van der Waals surface area (Å²) in [7, 11) is -3.29. The van der Waals surface area contributed by atoms with E-state index in [-0.39, 0.29) is 0 Å². The van der Waals surface area contributed by atoms with Gasteiger partial charge in [-0.05, 0) is 19.9 Å². The van der Waals surface area contributed by atoms with Crippen molar-refractivity contribution in [3.05, 3.63) is 36.4 Å². The molecule has 0 aliphatic heterocycles. The maximum Gasteiger partial charge on any atom is 0.378 e. The molecule has 0 amide bonds. The van der Waals surface area contributed by atoms with Crippen LogP contribution in [0, 0.1) is 0 Å². The largest absolute Gasteiger partial charge is 0.378 e. The second-order valence-electron chi connectivity index (χ2n) is 3.84. The van der Waals surface area contributed by atoms with E-state index in [1.165, 1.54) is 0 Å². The molecule has 6 heteroatoms. The zero-order chi connectivity index (χ0) is 13.7. The van der Waals surface area contributed by atoms with Crippen LogP contribution in [-0.2, 0) is 13.6 Å². The van der Waals surface area contributed by atoms with Gasteiger partial charge in [-0.3, -0.25) is 9.66 Å². The Hall–Kier alpha value is -1.42. The van der Waals surface area contributed by atoms with E-state index in [0.29, 0.717) is 18.6 Å². The Kier molecular flexibility index (Phi) is 4.53. The van der Waals surface area contributed by atoms with Gasteiger partial charge in [-0.2, -0.15) is 5.10 Å². The smallest absolute Gasteiger partial charge is 0.304 e. The van der Waals surface area contributed by atoms with E-state index in [4.69, 9.17) is 9.05 Å². The highest BCUT2D eigenvalue weighted by Gasteiger charge is 2.29. The molecule has 5 nitrogen and oxygen atoms in total. The highest BCUT2D eigenvalue weighted by atomic mass is 31.2. The fourth-order valence-corrected chi connectivity index (χ4v) is 3.21. The van der Waals surface area contributed by atoms with E-state index >= 15 is 0 Å². The number of hydrogen-bond donors (Lipinski definition) is 1. The highest BCUT2D eigenvalue weighted by Crippen LogP contribution is 2.46. The van der Waals surface area contributed by atoms with Crippen LogP contribution in [0.4, 0.5) is 0 Å². The van der Waals surface area contributed by atoms with Gasteiger partial charge in [0, 0.05) is 5.56 Å². The number of rotatable bonds is 6. The molecule has 1 heterocycles. The molecule has 0 bridgehead atoms. The number of aromatic amines is 1. The van der Waals surface area contributed by atoms with E-state index < -0.39 is 7.60 Å². The molecule has 1 aromatic carbocycles. The monoisotopic (exact) mass is 280 g/mol. The van der Waals surface area contributed by atoms with Crippen molar-refractivity contribution in [1.29, 1.82) is 0 Å². The summed E-state index contributed by atoms with van der Waals surface area (Å²) in [6, 6.07) is 11.4. The average molecular weight is 280 g/mol. The zero-order valence-corrected chi connectivity index (χ0v) is 11.9. The van der Waals surface area contributed by atoms with Crippen LogP contribution in [0.2, 0.25) is 0 Å². The minimum Gasteiger partial charge on any atom is -0.304 e. The first kappa shape index (κ1) is 14.0. The Labute approximate surface area is 112 Å². The third kappa shape index (κ3) is 3.13. The second kappa shape index (κ2) is 6.15. The summed E-state index contributed by atoms with van der Waals surface area (Å²) in [5, 5.41) is 6.91. The SMILES string of the molecule is CCOP(=O)(OCC)c1cc(-c2ccccc2)n[nH]1. The minimum absolute atomic E-state index is 0.316.